The molecule has 1 fully saturated rings. The highest BCUT2D eigenvalue weighted by molar-refractivity contribution is 8.00. The van der Waals surface area contributed by atoms with E-state index in [1.807, 2.05) is 0 Å². The number of likely N-dealkylation sites (tertiary alicyclic amines) is 1. The second-order valence-electron chi connectivity index (χ2n) is 5.71. The molecule has 0 spiro atoms. The van der Waals surface area contributed by atoms with Gasteiger partial charge in [0.05, 0.1) is 5.75 Å². The van der Waals surface area contributed by atoms with E-state index in [1.165, 1.54) is 37.7 Å². The monoisotopic (exact) mass is 307 g/mol. The van der Waals surface area contributed by atoms with Gasteiger partial charge >= 0.3 is 0 Å². The van der Waals surface area contributed by atoms with Crippen LogP contribution in [0, 0.1) is 5.92 Å². The number of hydrogen-bond acceptors (Lipinski definition) is 6. The molecular formula is C14H21N5OS. The van der Waals surface area contributed by atoms with Crippen LogP contribution < -0.4 is 10.6 Å². The van der Waals surface area contributed by atoms with Gasteiger partial charge in [0.1, 0.15) is 17.0 Å². The van der Waals surface area contributed by atoms with Crippen molar-refractivity contribution >= 4 is 29.2 Å². The molecule has 1 amide bonds. The van der Waals surface area contributed by atoms with Crippen molar-refractivity contribution in [3.63, 3.8) is 0 Å². The van der Waals surface area contributed by atoms with E-state index in [9.17, 15) is 4.79 Å². The molecule has 1 aromatic rings. The molecule has 1 atom stereocenters. The SMILES string of the molecule is C[C@H]1CCCN(CCNc2ncnc3c2NC(=O)CS3)C1. The highest BCUT2D eigenvalue weighted by Gasteiger charge is 2.21. The van der Waals surface area contributed by atoms with E-state index in [4.69, 9.17) is 0 Å². The van der Waals surface area contributed by atoms with Crippen molar-refractivity contribution in [2.45, 2.75) is 24.8 Å². The Kier molecular flexibility index (Phi) is 4.60. The number of carbonyl (C=O) groups excluding carboxylic acids is 1. The summed E-state index contributed by atoms with van der Waals surface area (Å²) >= 11 is 1.46. The number of nitrogens with zero attached hydrogens (tertiary/aromatic N) is 3. The van der Waals surface area contributed by atoms with E-state index < -0.39 is 0 Å². The van der Waals surface area contributed by atoms with Crippen LogP contribution >= 0.6 is 11.8 Å². The second kappa shape index (κ2) is 6.62. The Labute approximate surface area is 129 Å². The Balaban J connectivity index is 1.57. The third-order valence-electron chi connectivity index (χ3n) is 3.88. The zero-order valence-corrected chi connectivity index (χ0v) is 13.1. The van der Waals surface area contributed by atoms with Gasteiger partial charge in [-0.25, -0.2) is 9.97 Å². The summed E-state index contributed by atoms with van der Waals surface area (Å²) in [6, 6.07) is 0. The van der Waals surface area contributed by atoms with E-state index in [0.29, 0.717) is 5.75 Å². The maximum Gasteiger partial charge on any atom is 0.234 e. The fraction of sp³-hybridized carbons (Fsp3) is 0.643. The fourth-order valence-corrected chi connectivity index (χ4v) is 3.61. The molecule has 2 N–H and O–H groups in total. The van der Waals surface area contributed by atoms with Crippen LogP contribution in [0.4, 0.5) is 11.5 Å². The van der Waals surface area contributed by atoms with Crippen LogP contribution in [0.25, 0.3) is 0 Å². The molecule has 0 aliphatic carbocycles. The van der Waals surface area contributed by atoms with Crippen molar-refractivity contribution in [3.8, 4) is 0 Å². The van der Waals surface area contributed by atoms with Crippen LogP contribution in [-0.4, -0.2) is 52.7 Å². The van der Waals surface area contributed by atoms with Crippen molar-refractivity contribution in [1.29, 1.82) is 0 Å². The summed E-state index contributed by atoms with van der Waals surface area (Å²) in [4.78, 5) is 22.5. The standard InChI is InChI=1S/C14H21N5OS/c1-10-3-2-5-19(7-10)6-4-15-13-12-14(17-9-16-13)21-8-11(20)18-12/h9-10H,2-8H2,1H3,(H,18,20)(H,15,16,17)/t10-/m0/s1. The minimum absolute atomic E-state index is 0.00945. The molecule has 0 aromatic carbocycles. The molecule has 21 heavy (non-hydrogen) atoms. The van der Waals surface area contributed by atoms with Crippen molar-refractivity contribution < 1.29 is 4.79 Å². The number of aromatic nitrogens is 2. The summed E-state index contributed by atoms with van der Waals surface area (Å²) in [6.45, 7) is 6.50. The van der Waals surface area contributed by atoms with Gasteiger partial charge in [0.15, 0.2) is 5.82 Å². The Morgan fingerprint density at radius 2 is 2.43 bits per heavy atom. The van der Waals surface area contributed by atoms with Gasteiger partial charge in [0, 0.05) is 19.6 Å². The quantitative estimate of drug-likeness (QED) is 0.825. The normalized spacial score (nSPS) is 22.5. The first kappa shape index (κ1) is 14.6. The molecule has 0 saturated carbocycles. The number of hydrogen-bond donors (Lipinski definition) is 2. The molecule has 1 saturated heterocycles. The smallest absolute Gasteiger partial charge is 0.234 e. The molecule has 0 bridgehead atoms. The zero-order chi connectivity index (χ0) is 14.7. The molecule has 7 heteroatoms. The van der Waals surface area contributed by atoms with Crippen molar-refractivity contribution in [2.75, 3.05) is 42.6 Å². The van der Waals surface area contributed by atoms with E-state index in [0.717, 1.165) is 35.5 Å². The summed E-state index contributed by atoms with van der Waals surface area (Å²) in [5.74, 6) is 1.96. The second-order valence-corrected chi connectivity index (χ2v) is 6.68. The molecule has 2 aliphatic rings. The van der Waals surface area contributed by atoms with Gasteiger partial charge in [-0.15, -0.1) is 0 Å². The highest BCUT2D eigenvalue weighted by Crippen LogP contribution is 2.33. The van der Waals surface area contributed by atoms with Gasteiger partial charge in [-0.2, -0.15) is 0 Å². The number of piperidine rings is 1. The summed E-state index contributed by atoms with van der Waals surface area (Å²) in [5.41, 5.74) is 0.728. The minimum Gasteiger partial charge on any atom is -0.367 e. The average molecular weight is 307 g/mol. The highest BCUT2D eigenvalue weighted by atomic mass is 32.2. The molecule has 6 nitrogen and oxygen atoms in total. The molecule has 0 radical (unpaired) electrons. The van der Waals surface area contributed by atoms with Gasteiger partial charge in [0.2, 0.25) is 5.91 Å². The first-order chi connectivity index (χ1) is 10.2. The lowest BCUT2D eigenvalue weighted by atomic mass is 10.0. The van der Waals surface area contributed by atoms with Crippen LogP contribution in [0.15, 0.2) is 11.4 Å². The number of carbonyl (C=O) groups is 1. The third kappa shape index (κ3) is 3.65. The molecular weight excluding hydrogens is 286 g/mol. The van der Waals surface area contributed by atoms with Gasteiger partial charge < -0.3 is 15.5 Å². The number of fused-ring (bicyclic) bond motifs is 1. The minimum atomic E-state index is 0.00945. The molecule has 114 valence electrons. The molecule has 2 aliphatic heterocycles. The number of thioether (sulfide) groups is 1. The number of amides is 1. The fourth-order valence-electron chi connectivity index (χ4n) is 2.86. The van der Waals surface area contributed by atoms with Gasteiger partial charge in [-0.05, 0) is 25.3 Å². The predicted octanol–water partition coefficient (Wildman–Crippen LogP) is 1.66. The van der Waals surface area contributed by atoms with E-state index in [-0.39, 0.29) is 5.91 Å². The molecule has 1 aromatic heterocycles. The van der Waals surface area contributed by atoms with Crippen LogP contribution in [0.5, 0.6) is 0 Å². The van der Waals surface area contributed by atoms with Crippen molar-refractivity contribution in [3.05, 3.63) is 6.33 Å². The van der Waals surface area contributed by atoms with Gasteiger partial charge in [-0.1, -0.05) is 18.7 Å². The Morgan fingerprint density at radius 3 is 3.29 bits per heavy atom. The van der Waals surface area contributed by atoms with Crippen LogP contribution in [0.1, 0.15) is 19.8 Å². The number of nitrogens with one attached hydrogen (secondary N) is 2. The molecule has 0 unspecified atom stereocenters. The maximum atomic E-state index is 11.5. The summed E-state index contributed by atoms with van der Waals surface area (Å²) in [6.07, 6.45) is 4.18. The lowest BCUT2D eigenvalue weighted by molar-refractivity contribution is -0.113. The molecule has 3 rings (SSSR count). The first-order valence-electron chi connectivity index (χ1n) is 7.46. The van der Waals surface area contributed by atoms with Gasteiger partial charge in [0.25, 0.3) is 0 Å². The van der Waals surface area contributed by atoms with Crippen molar-refractivity contribution in [1.82, 2.24) is 14.9 Å². The summed E-state index contributed by atoms with van der Waals surface area (Å²) in [7, 11) is 0. The van der Waals surface area contributed by atoms with E-state index >= 15 is 0 Å². The third-order valence-corrected chi connectivity index (χ3v) is 4.87. The predicted molar refractivity (Wildman–Crippen MR) is 84.7 cm³/mol. The Bertz CT molecular complexity index is 524. The zero-order valence-electron chi connectivity index (χ0n) is 12.3. The topological polar surface area (TPSA) is 70.2 Å². The average Bonchev–Trinajstić information content (AvgIpc) is 2.48. The summed E-state index contributed by atoms with van der Waals surface area (Å²) in [5, 5.41) is 7.04. The lowest BCUT2D eigenvalue weighted by Crippen LogP contribution is -2.37. The first-order valence-corrected chi connectivity index (χ1v) is 8.45. The van der Waals surface area contributed by atoms with Crippen LogP contribution in [-0.2, 0) is 4.79 Å². The van der Waals surface area contributed by atoms with Crippen molar-refractivity contribution in [2.24, 2.45) is 5.92 Å². The Morgan fingerprint density at radius 1 is 1.52 bits per heavy atom. The lowest BCUT2D eigenvalue weighted by Gasteiger charge is -2.30. The maximum absolute atomic E-state index is 11.5. The summed E-state index contributed by atoms with van der Waals surface area (Å²) < 4.78 is 0. The van der Waals surface area contributed by atoms with E-state index in [2.05, 4.69) is 32.4 Å². The van der Waals surface area contributed by atoms with Crippen LogP contribution in [0.3, 0.4) is 0 Å². The largest absolute Gasteiger partial charge is 0.367 e. The Hall–Kier alpha value is -1.34. The van der Waals surface area contributed by atoms with Gasteiger partial charge in [-0.3, -0.25) is 4.79 Å². The number of anilines is 2. The number of rotatable bonds is 4. The molecule has 3 heterocycles. The van der Waals surface area contributed by atoms with E-state index in [1.54, 1.807) is 6.33 Å². The van der Waals surface area contributed by atoms with Crippen LogP contribution in [0.2, 0.25) is 0 Å².